The lowest BCUT2D eigenvalue weighted by atomic mass is 9.99. The Kier molecular flexibility index (Phi) is 70.6. The Morgan fingerprint density at radius 1 is 0.275 bits per heavy atom. The predicted molar refractivity (Wildman–Crippen MR) is 418 cm³/mol. The third-order valence-electron chi connectivity index (χ3n) is 20.4. The molecule has 0 heterocycles. The van der Waals surface area contributed by atoms with E-state index in [4.69, 9.17) is 37.0 Å². The highest BCUT2D eigenvalue weighted by molar-refractivity contribution is 7.47. The first-order chi connectivity index (χ1) is 49.2. The van der Waals surface area contributed by atoms with Gasteiger partial charge in [-0.15, -0.1) is 0 Å². The monoisotopic (exact) mass is 1490 g/mol. The summed E-state index contributed by atoms with van der Waals surface area (Å²) in [7, 11) is -9.92. The summed E-state index contributed by atoms with van der Waals surface area (Å²) < 4.78 is 68.8. The van der Waals surface area contributed by atoms with Crippen LogP contribution >= 0.6 is 15.6 Å². The molecule has 0 saturated carbocycles. The Labute approximate surface area is 626 Å². The third-order valence-corrected chi connectivity index (χ3v) is 22.3. The number of unbranched alkanes of at least 4 members (excludes halogenated alkanes) is 43. The molecule has 0 aliphatic heterocycles. The van der Waals surface area contributed by atoms with Crippen LogP contribution in [0, 0.1) is 23.7 Å². The smallest absolute Gasteiger partial charge is 0.462 e. The SMILES string of the molecule is CCC(C)CCCCCCCCCCCCCCCCCCCCC(=O)O[C@H](COC(=O)CCCCCCCCC(C)CC)COP(=O)(O)OC[C@H](O)COP(=O)(O)OC[C@@H](COC(=O)CCCCCCCCCCC(C)CC)OC(=O)CCCCCCCCCCCCCCCCCC(C)C. The number of hydrogen-bond donors (Lipinski definition) is 3. The predicted octanol–water partition coefficient (Wildman–Crippen LogP) is 24.8. The van der Waals surface area contributed by atoms with E-state index in [0.717, 1.165) is 120 Å². The molecule has 17 nitrogen and oxygen atoms in total. The van der Waals surface area contributed by atoms with Crippen molar-refractivity contribution in [2.24, 2.45) is 23.7 Å². The van der Waals surface area contributed by atoms with Gasteiger partial charge in [0.25, 0.3) is 0 Å². The molecule has 0 aromatic carbocycles. The van der Waals surface area contributed by atoms with Gasteiger partial charge in [0.05, 0.1) is 26.4 Å². The van der Waals surface area contributed by atoms with E-state index < -0.39 is 97.5 Å². The first-order valence-corrected chi connectivity index (χ1v) is 45.8. The molecule has 0 aromatic rings. The molecular weight excluding hydrogens is 1330 g/mol. The van der Waals surface area contributed by atoms with Crippen molar-refractivity contribution in [1.29, 1.82) is 0 Å². The number of ether oxygens (including phenoxy) is 4. The topological polar surface area (TPSA) is 237 Å². The van der Waals surface area contributed by atoms with Gasteiger partial charge in [0.1, 0.15) is 19.3 Å². The van der Waals surface area contributed by atoms with Crippen LogP contribution in [-0.4, -0.2) is 96.7 Å². The molecule has 8 atom stereocenters. The molecule has 606 valence electrons. The Hall–Kier alpha value is -1.94. The van der Waals surface area contributed by atoms with E-state index in [0.29, 0.717) is 25.7 Å². The van der Waals surface area contributed by atoms with E-state index in [2.05, 4.69) is 55.4 Å². The molecule has 0 saturated heterocycles. The summed E-state index contributed by atoms with van der Waals surface area (Å²) in [4.78, 5) is 73.1. The fourth-order valence-electron chi connectivity index (χ4n) is 12.7. The molecule has 0 aliphatic rings. The van der Waals surface area contributed by atoms with Gasteiger partial charge in [-0.05, 0) is 49.4 Å². The van der Waals surface area contributed by atoms with Gasteiger partial charge in [-0.2, -0.15) is 0 Å². The molecule has 0 bridgehead atoms. The fraction of sp³-hybridized carbons (Fsp3) is 0.952. The summed E-state index contributed by atoms with van der Waals surface area (Å²) in [5, 5.41) is 10.6. The van der Waals surface area contributed by atoms with Crippen LogP contribution < -0.4 is 0 Å². The lowest BCUT2D eigenvalue weighted by Gasteiger charge is -2.21. The van der Waals surface area contributed by atoms with Crippen molar-refractivity contribution in [2.75, 3.05) is 39.6 Å². The van der Waals surface area contributed by atoms with E-state index in [1.165, 1.54) is 225 Å². The minimum Gasteiger partial charge on any atom is -0.462 e. The second-order valence-electron chi connectivity index (χ2n) is 31.1. The summed E-state index contributed by atoms with van der Waals surface area (Å²) in [5.74, 6) is 1.07. The number of aliphatic hydroxyl groups excluding tert-OH is 1. The van der Waals surface area contributed by atoms with Gasteiger partial charge in [-0.3, -0.25) is 37.3 Å². The standard InChI is InChI=1S/C83H162O17P2/c1-9-74(6)60-52-44-36-30-26-22-18-14-12-13-15-19-23-27-31-39-49-57-66-83(88)100-79(70-94-81(86)64-56-48-42-41-46-54-62-76(8)11-3)72-98-102(91,92)96-68-77(84)67-95-101(89,90)97-71-78(69-93-80(85)63-55-47-38-34-33-37-45-53-61-75(7)10-2)99-82(87)65-58-50-40-32-28-24-20-16-17-21-25-29-35-43-51-59-73(4)5/h73-79,84H,9-72H2,1-8H3,(H,89,90)(H,91,92)/t74?,75?,76?,77-,78-,79-/m1/s1. The first-order valence-electron chi connectivity index (χ1n) is 42.8. The second-order valence-corrected chi connectivity index (χ2v) is 34.0. The highest BCUT2D eigenvalue weighted by atomic mass is 31.2. The molecule has 3 N–H and O–H groups in total. The van der Waals surface area contributed by atoms with Gasteiger partial charge in [0.15, 0.2) is 12.2 Å². The Balaban J connectivity index is 5.19. The molecule has 0 aromatic heterocycles. The zero-order chi connectivity index (χ0) is 75.3. The number of carbonyl (C=O) groups excluding carboxylic acids is 4. The summed E-state index contributed by atoms with van der Waals surface area (Å²) >= 11 is 0. The van der Waals surface area contributed by atoms with Crippen molar-refractivity contribution >= 4 is 39.5 Å². The van der Waals surface area contributed by atoms with Gasteiger partial charge >= 0.3 is 39.5 Å². The number of rotatable bonds is 80. The Morgan fingerprint density at radius 2 is 0.471 bits per heavy atom. The molecule has 0 radical (unpaired) electrons. The van der Waals surface area contributed by atoms with Crippen LogP contribution in [0.2, 0.25) is 0 Å². The normalized spacial score (nSPS) is 14.8. The zero-order valence-corrected chi connectivity index (χ0v) is 69.0. The summed E-state index contributed by atoms with van der Waals surface area (Å²) in [6.45, 7) is 14.3. The van der Waals surface area contributed by atoms with Gasteiger partial charge in [-0.25, -0.2) is 9.13 Å². The van der Waals surface area contributed by atoms with Crippen LogP contribution in [0.3, 0.4) is 0 Å². The molecule has 0 spiro atoms. The van der Waals surface area contributed by atoms with Crippen LogP contribution in [0.5, 0.6) is 0 Å². The highest BCUT2D eigenvalue weighted by Gasteiger charge is 2.30. The van der Waals surface area contributed by atoms with E-state index in [1.54, 1.807) is 0 Å². The second kappa shape index (κ2) is 72.0. The Bertz CT molecular complexity index is 1990. The average Bonchev–Trinajstić information content (AvgIpc) is 0.915. The van der Waals surface area contributed by atoms with Crippen LogP contribution in [0.4, 0.5) is 0 Å². The van der Waals surface area contributed by atoms with Crippen molar-refractivity contribution in [3.05, 3.63) is 0 Å². The van der Waals surface area contributed by atoms with Gasteiger partial charge in [0, 0.05) is 25.7 Å². The van der Waals surface area contributed by atoms with Crippen molar-refractivity contribution in [3.63, 3.8) is 0 Å². The van der Waals surface area contributed by atoms with Crippen LogP contribution in [-0.2, 0) is 65.4 Å². The van der Waals surface area contributed by atoms with Crippen LogP contribution in [0.1, 0.15) is 428 Å². The van der Waals surface area contributed by atoms with Gasteiger partial charge in [-0.1, -0.05) is 376 Å². The lowest BCUT2D eigenvalue weighted by molar-refractivity contribution is -0.161. The summed E-state index contributed by atoms with van der Waals surface area (Å²) in [5.41, 5.74) is 0. The van der Waals surface area contributed by atoms with Gasteiger partial charge < -0.3 is 33.8 Å². The number of aliphatic hydroxyl groups is 1. The molecule has 102 heavy (non-hydrogen) atoms. The molecular formula is C83H162O17P2. The van der Waals surface area contributed by atoms with Crippen molar-refractivity contribution in [1.82, 2.24) is 0 Å². The summed E-state index contributed by atoms with van der Waals surface area (Å²) in [6, 6.07) is 0. The first kappa shape index (κ1) is 100. The lowest BCUT2D eigenvalue weighted by Crippen LogP contribution is -2.30. The number of phosphoric acid groups is 2. The number of carbonyl (C=O) groups is 4. The van der Waals surface area contributed by atoms with Crippen molar-refractivity contribution in [3.8, 4) is 0 Å². The molecule has 5 unspecified atom stereocenters. The van der Waals surface area contributed by atoms with Crippen molar-refractivity contribution in [2.45, 2.75) is 446 Å². The molecule has 0 amide bonds. The number of hydrogen-bond acceptors (Lipinski definition) is 15. The van der Waals surface area contributed by atoms with Crippen molar-refractivity contribution < 1.29 is 80.2 Å². The largest absolute Gasteiger partial charge is 0.472 e. The highest BCUT2D eigenvalue weighted by Crippen LogP contribution is 2.45. The maximum absolute atomic E-state index is 13.1. The van der Waals surface area contributed by atoms with E-state index in [9.17, 15) is 43.2 Å². The van der Waals surface area contributed by atoms with E-state index in [-0.39, 0.29) is 25.7 Å². The van der Waals surface area contributed by atoms with Crippen LogP contribution in [0.15, 0.2) is 0 Å². The number of phosphoric ester groups is 2. The quantitative estimate of drug-likeness (QED) is 0.0222. The van der Waals surface area contributed by atoms with Crippen LogP contribution in [0.25, 0.3) is 0 Å². The minimum absolute atomic E-state index is 0.107. The Morgan fingerprint density at radius 3 is 0.696 bits per heavy atom. The molecule has 0 fully saturated rings. The minimum atomic E-state index is -4.96. The van der Waals surface area contributed by atoms with E-state index >= 15 is 0 Å². The third kappa shape index (κ3) is 72.3. The average molecular weight is 1490 g/mol. The van der Waals surface area contributed by atoms with E-state index in [1.807, 2.05) is 0 Å². The number of esters is 4. The maximum Gasteiger partial charge on any atom is 0.472 e. The molecule has 0 aliphatic carbocycles. The fourth-order valence-corrected chi connectivity index (χ4v) is 14.3. The molecule has 19 heteroatoms. The summed E-state index contributed by atoms with van der Waals surface area (Å²) in [6.07, 6.45) is 59.7. The zero-order valence-electron chi connectivity index (χ0n) is 67.2. The van der Waals surface area contributed by atoms with Gasteiger partial charge in [0.2, 0.25) is 0 Å². The maximum atomic E-state index is 13.1. The molecule has 0 rings (SSSR count).